The van der Waals surface area contributed by atoms with Gasteiger partial charge in [0.15, 0.2) is 0 Å². The van der Waals surface area contributed by atoms with Gasteiger partial charge in [-0.05, 0) is 81.4 Å². The molecule has 13 heteroatoms. The summed E-state index contributed by atoms with van der Waals surface area (Å²) in [6, 6.07) is 3.66. The minimum Gasteiger partial charge on any atom is -0.771 e. The number of nitrogens with zero attached hydrogens (tertiary/aromatic N) is 4. The number of allylic oxidation sites excluding steroid dienone is 2. The molecule has 6 rings (SSSR count). The van der Waals surface area contributed by atoms with Crippen LogP contribution in [0.15, 0.2) is 24.3 Å². The van der Waals surface area contributed by atoms with E-state index < -0.39 is 35.4 Å². The van der Waals surface area contributed by atoms with E-state index in [0.717, 1.165) is 33.8 Å². The highest BCUT2D eigenvalue weighted by atomic mass is 35.5. The zero-order valence-electron chi connectivity index (χ0n) is 25.0. The van der Waals surface area contributed by atoms with Crippen molar-refractivity contribution in [1.82, 2.24) is 20.0 Å². The van der Waals surface area contributed by atoms with Crippen LogP contribution in [-0.4, -0.2) is 75.5 Å². The number of hydrogen-bond donors (Lipinski definition) is 1. The second-order valence-electron chi connectivity index (χ2n) is 12.6. The van der Waals surface area contributed by atoms with Crippen LogP contribution < -0.4 is 0 Å². The highest BCUT2D eigenvalue weighted by Gasteiger charge is 2.65. The van der Waals surface area contributed by atoms with Crippen LogP contribution >= 0.6 is 11.6 Å². The molecular formula is C32H37ClF3N4O5-. The number of carbonyl (C=O) groups is 2. The van der Waals surface area contributed by atoms with Gasteiger partial charge in [-0.25, -0.2) is 0 Å². The zero-order valence-corrected chi connectivity index (χ0v) is 25.7. The number of carboxylic acids is 1. The van der Waals surface area contributed by atoms with Crippen molar-refractivity contribution in [3.8, 4) is 0 Å². The molecule has 2 atom stereocenters. The number of aromatic nitrogens is 2. The molecule has 1 N–H and O–H groups in total. The third-order valence-electron chi connectivity index (χ3n) is 9.79. The maximum absolute atomic E-state index is 14.3. The van der Waals surface area contributed by atoms with E-state index in [2.05, 4.69) is 0 Å². The van der Waals surface area contributed by atoms with Crippen LogP contribution in [-0.2, 0) is 27.8 Å². The Kier molecular flexibility index (Phi) is 9.15. The van der Waals surface area contributed by atoms with Gasteiger partial charge in [-0.3, -0.25) is 14.6 Å². The van der Waals surface area contributed by atoms with Gasteiger partial charge in [0.1, 0.15) is 0 Å². The number of carbonyl (C=O) groups excluding carboxylic acids is 1. The first kappa shape index (κ1) is 32.2. The first-order valence-electron chi connectivity index (χ1n) is 15.7. The van der Waals surface area contributed by atoms with Crippen molar-refractivity contribution in [2.75, 3.05) is 26.3 Å². The van der Waals surface area contributed by atoms with Gasteiger partial charge in [0.2, 0.25) is 0 Å². The van der Waals surface area contributed by atoms with E-state index in [4.69, 9.17) is 21.4 Å². The van der Waals surface area contributed by atoms with Gasteiger partial charge in [-0.15, -0.1) is 0 Å². The van der Waals surface area contributed by atoms with E-state index in [1.807, 2.05) is 6.08 Å². The molecule has 0 spiro atoms. The Bertz CT molecular complexity index is 1480. The lowest BCUT2D eigenvalue weighted by Crippen LogP contribution is -2.48. The Morgan fingerprint density at radius 3 is 2.56 bits per heavy atom. The molecule has 0 bridgehead atoms. The van der Waals surface area contributed by atoms with Gasteiger partial charge in [0.05, 0.1) is 33.3 Å². The summed E-state index contributed by atoms with van der Waals surface area (Å²) in [4.78, 5) is 25.9. The molecule has 1 saturated carbocycles. The number of fused-ring (bicyclic) bond motifs is 1. The van der Waals surface area contributed by atoms with Crippen molar-refractivity contribution in [2.45, 2.75) is 88.3 Å². The summed E-state index contributed by atoms with van der Waals surface area (Å²) in [5.41, 5.74) is 0.0929. The van der Waals surface area contributed by atoms with Gasteiger partial charge < -0.3 is 20.2 Å². The first-order chi connectivity index (χ1) is 21.5. The molecule has 1 aromatic heterocycles. The van der Waals surface area contributed by atoms with Crippen LogP contribution in [0.25, 0.3) is 5.57 Å². The fraction of sp³-hybridized carbons (Fsp3) is 0.594. The molecule has 0 amide bonds. The summed E-state index contributed by atoms with van der Waals surface area (Å²) in [6.07, 6.45) is 1.68. The molecule has 1 saturated heterocycles. The van der Waals surface area contributed by atoms with E-state index in [1.54, 1.807) is 5.01 Å². The van der Waals surface area contributed by atoms with Crippen molar-refractivity contribution < 1.29 is 32.6 Å². The van der Waals surface area contributed by atoms with E-state index in [0.29, 0.717) is 76.2 Å². The van der Waals surface area contributed by atoms with E-state index in [-0.39, 0.29) is 35.4 Å². The summed E-state index contributed by atoms with van der Waals surface area (Å²) in [7, 11) is 0. The van der Waals surface area contributed by atoms with Crippen LogP contribution in [0.3, 0.4) is 0 Å². The predicted octanol–water partition coefficient (Wildman–Crippen LogP) is 6.16. The number of aliphatic carboxylic acids is 1. The largest absolute Gasteiger partial charge is 0.771 e. The smallest absolute Gasteiger partial charge is 0.398 e. The van der Waals surface area contributed by atoms with Crippen LogP contribution in [0, 0.1) is 11.1 Å². The molecule has 1 aromatic carbocycles. The quantitative estimate of drug-likeness (QED) is 0.371. The number of ether oxygens (including phenoxy) is 1. The second kappa shape index (κ2) is 12.8. The lowest BCUT2D eigenvalue weighted by molar-refractivity contribution is -0.160. The monoisotopic (exact) mass is 649 g/mol. The number of hydrazine groups is 1. The minimum absolute atomic E-state index is 0.0864. The molecule has 1 aliphatic heterocycles. The van der Waals surface area contributed by atoms with Crippen LogP contribution in [0.4, 0.5) is 13.2 Å². The standard InChI is InChI=1S/C32H37ClF3N4O5/c33-25-6-3-5-24(31(13-14-31)32(34,35)36)27(25)29(41)39-26-19-22(40(44)38-15-1-2-17-45-18-4-16-38)11-12-23(26)28(37-39)20-7-9-21(10-8-20)30(42)43/h3,5-7,21-22H,1-2,4,8-19H2,(H,42,43)/q-1/t21-,22+/m0/s1. The highest BCUT2D eigenvalue weighted by molar-refractivity contribution is 6.34. The molecule has 244 valence electrons. The molecule has 2 heterocycles. The number of carboxylic acid groups (broad SMARTS) is 1. The Balaban J connectivity index is 1.39. The van der Waals surface area contributed by atoms with Crippen LogP contribution in [0.2, 0.25) is 5.02 Å². The number of alkyl halides is 3. The predicted molar refractivity (Wildman–Crippen MR) is 161 cm³/mol. The Morgan fingerprint density at radius 1 is 1.11 bits per heavy atom. The topological polar surface area (TPSA) is 111 Å². The average Bonchev–Trinajstić information content (AvgIpc) is 3.73. The Labute approximate surface area is 264 Å². The summed E-state index contributed by atoms with van der Waals surface area (Å²) in [5.74, 6) is -2.14. The normalized spacial score (nSPS) is 24.3. The fourth-order valence-electron chi connectivity index (χ4n) is 7.05. The molecule has 0 unspecified atom stereocenters. The summed E-state index contributed by atoms with van der Waals surface area (Å²) in [5, 5.41) is 30.6. The van der Waals surface area contributed by atoms with E-state index >= 15 is 0 Å². The molecule has 45 heavy (non-hydrogen) atoms. The van der Waals surface area contributed by atoms with Crippen molar-refractivity contribution in [1.29, 1.82) is 0 Å². The van der Waals surface area contributed by atoms with Gasteiger partial charge in [-0.2, -0.15) is 23.0 Å². The zero-order chi connectivity index (χ0) is 31.9. The van der Waals surface area contributed by atoms with Crippen molar-refractivity contribution in [2.24, 2.45) is 5.92 Å². The van der Waals surface area contributed by atoms with Crippen molar-refractivity contribution in [3.05, 3.63) is 62.6 Å². The molecule has 0 radical (unpaired) electrons. The molecular weight excluding hydrogens is 613 g/mol. The molecule has 2 fully saturated rings. The van der Waals surface area contributed by atoms with Crippen LogP contribution in [0.1, 0.15) is 90.7 Å². The fourth-order valence-corrected chi connectivity index (χ4v) is 7.30. The van der Waals surface area contributed by atoms with Gasteiger partial charge in [-0.1, -0.05) is 29.8 Å². The maximum Gasteiger partial charge on any atom is 0.398 e. The maximum atomic E-state index is 14.3. The lowest BCUT2D eigenvalue weighted by Gasteiger charge is -2.47. The van der Waals surface area contributed by atoms with E-state index in [1.165, 1.54) is 18.2 Å². The molecule has 3 aliphatic carbocycles. The summed E-state index contributed by atoms with van der Waals surface area (Å²) >= 11 is 6.49. The number of halogens is 4. The Hall–Kier alpha value is -2.77. The SMILES string of the molecule is O=C(O)[C@H]1CC=C(c2nn(C(=O)c3c(Cl)cccc3C3(C(F)(F)F)CC3)c3c2CC[C@@H](N([O-])N2CCCCOCCC2)C3)CC1. The second-order valence-corrected chi connectivity index (χ2v) is 13.0. The van der Waals surface area contributed by atoms with Gasteiger partial charge >= 0.3 is 12.1 Å². The average molecular weight is 650 g/mol. The van der Waals surface area contributed by atoms with Crippen molar-refractivity contribution in [3.63, 3.8) is 0 Å². The molecule has 4 aliphatic rings. The molecule has 9 nitrogen and oxygen atoms in total. The van der Waals surface area contributed by atoms with Crippen molar-refractivity contribution >= 4 is 29.1 Å². The van der Waals surface area contributed by atoms with Gasteiger partial charge in [0, 0.05) is 44.3 Å². The number of hydroxylamine groups is 1. The Morgan fingerprint density at radius 2 is 1.87 bits per heavy atom. The van der Waals surface area contributed by atoms with Crippen LogP contribution in [0.5, 0.6) is 0 Å². The third-order valence-corrected chi connectivity index (χ3v) is 10.1. The minimum atomic E-state index is -4.56. The number of benzene rings is 1. The van der Waals surface area contributed by atoms with E-state index in [9.17, 15) is 33.1 Å². The number of rotatable bonds is 6. The molecule has 2 aromatic rings. The summed E-state index contributed by atoms with van der Waals surface area (Å²) in [6.45, 7) is 2.35. The third kappa shape index (κ3) is 6.19. The first-order valence-corrected chi connectivity index (χ1v) is 16.1. The highest BCUT2D eigenvalue weighted by Crippen LogP contribution is 2.60. The van der Waals surface area contributed by atoms with Gasteiger partial charge in [0.25, 0.3) is 5.91 Å². The summed E-state index contributed by atoms with van der Waals surface area (Å²) < 4.78 is 49.6. The lowest BCUT2D eigenvalue weighted by atomic mass is 9.84. The number of hydrogen-bond acceptors (Lipinski definition) is 7.